The standard InChI is InChI=1S/C14H11Cl2NO2/c1-8-6-7-10(15)13(12(8)16)17-11-5-3-2-4-9(11)14(18)19/h2-7,17H,1H3,(H,18,19)/i2D,3D,4D,5D. The number of aryl methyl sites for hydroxylation is 1. The van der Waals surface area contributed by atoms with Gasteiger partial charge in [0.15, 0.2) is 0 Å². The summed E-state index contributed by atoms with van der Waals surface area (Å²) in [6.07, 6.45) is 0. The fraction of sp³-hybridized carbons (Fsp3) is 0.0714. The van der Waals surface area contributed by atoms with Gasteiger partial charge < -0.3 is 10.4 Å². The Hall–Kier alpha value is -1.71. The number of rotatable bonds is 3. The van der Waals surface area contributed by atoms with Crippen molar-refractivity contribution in [1.82, 2.24) is 0 Å². The molecule has 98 valence electrons. The largest absolute Gasteiger partial charge is 0.478 e. The summed E-state index contributed by atoms with van der Waals surface area (Å²) >= 11 is 12.2. The van der Waals surface area contributed by atoms with E-state index in [0.717, 1.165) is 0 Å². The molecule has 2 aromatic carbocycles. The Morgan fingerprint density at radius 2 is 2.00 bits per heavy atom. The van der Waals surface area contributed by atoms with Crippen molar-refractivity contribution in [3.63, 3.8) is 0 Å². The van der Waals surface area contributed by atoms with Crippen LogP contribution in [0.3, 0.4) is 0 Å². The monoisotopic (exact) mass is 299 g/mol. The fourth-order valence-corrected chi connectivity index (χ4v) is 1.93. The SMILES string of the molecule is [2H]c1c([2H])c([2H])c(C(=O)O)c(Nc2c(Cl)ccc(C)c2Cl)c1[2H]. The fourth-order valence-electron chi connectivity index (χ4n) is 1.46. The summed E-state index contributed by atoms with van der Waals surface area (Å²) in [7, 11) is 0. The molecule has 0 aromatic heterocycles. The number of nitrogens with one attached hydrogen (secondary N) is 1. The van der Waals surface area contributed by atoms with Gasteiger partial charge in [0.25, 0.3) is 0 Å². The quantitative estimate of drug-likeness (QED) is 0.860. The minimum Gasteiger partial charge on any atom is -0.478 e. The molecule has 0 bridgehead atoms. The van der Waals surface area contributed by atoms with Gasteiger partial charge in [-0.1, -0.05) is 41.4 Å². The van der Waals surface area contributed by atoms with Crippen molar-refractivity contribution in [3.8, 4) is 0 Å². The number of benzene rings is 2. The molecule has 0 amide bonds. The van der Waals surface area contributed by atoms with Gasteiger partial charge in [0, 0.05) is 0 Å². The number of aromatic carboxylic acids is 1. The van der Waals surface area contributed by atoms with Crippen molar-refractivity contribution in [1.29, 1.82) is 0 Å². The van der Waals surface area contributed by atoms with Gasteiger partial charge in [-0.15, -0.1) is 0 Å². The molecule has 2 N–H and O–H groups in total. The first-order chi connectivity index (χ1) is 10.7. The predicted molar refractivity (Wildman–Crippen MR) is 77.9 cm³/mol. The van der Waals surface area contributed by atoms with Crippen molar-refractivity contribution >= 4 is 40.5 Å². The number of halogens is 2. The Morgan fingerprint density at radius 3 is 2.68 bits per heavy atom. The highest BCUT2D eigenvalue weighted by molar-refractivity contribution is 6.39. The number of hydrogen-bond donors (Lipinski definition) is 2. The van der Waals surface area contributed by atoms with Gasteiger partial charge in [0.2, 0.25) is 0 Å². The summed E-state index contributed by atoms with van der Waals surface area (Å²) in [5.41, 5.74) is -0.0142. The van der Waals surface area contributed by atoms with Crippen LogP contribution in [0.2, 0.25) is 10.0 Å². The van der Waals surface area contributed by atoms with Gasteiger partial charge in [-0.3, -0.25) is 0 Å². The number of carbonyl (C=O) groups is 1. The lowest BCUT2D eigenvalue weighted by Crippen LogP contribution is -2.03. The Kier molecular flexibility index (Phi) is 2.68. The van der Waals surface area contributed by atoms with Gasteiger partial charge in [-0.25, -0.2) is 4.79 Å². The minimum absolute atomic E-state index is 0.181. The van der Waals surface area contributed by atoms with Gasteiger partial charge in [-0.05, 0) is 30.6 Å². The molecule has 5 heteroatoms. The summed E-state index contributed by atoms with van der Waals surface area (Å²) in [5.74, 6) is -1.49. The van der Waals surface area contributed by atoms with E-state index in [0.29, 0.717) is 5.56 Å². The summed E-state index contributed by atoms with van der Waals surface area (Å²) in [4.78, 5) is 11.4. The third kappa shape index (κ3) is 2.83. The lowest BCUT2D eigenvalue weighted by Gasteiger charge is -2.13. The first-order valence-electron chi connectivity index (χ1n) is 7.22. The number of para-hydroxylation sites is 1. The molecule has 0 unspecified atom stereocenters. The van der Waals surface area contributed by atoms with E-state index in [9.17, 15) is 9.90 Å². The van der Waals surface area contributed by atoms with E-state index in [2.05, 4.69) is 5.32 Å². The van der Waals surface area contributed by atoms with E-state index in [1.54, 1.807) is 19.1 Å². The molecule has 2 aromatic rings. The molecule has 0 atom stereocenters. The van der Waals surface area contributed by atoms with Crippen molar-refractivity contribution in [2.45, 2.75) is 6.92 Å². The second-order valence-electron chi connectivity index (χ2n) is 3.73. The third-order valence-corrected chi connectivity index (χ3v) is 3.24. The van der Waals surface area contributed by atoms with Crippen LogP contribution in [0.5, 0.6) is 0 Å². The molecule has 0 aliphatic carbocycles. The maximum absolute atomic E-state index is 11.4. The maximum Gasteiger partial charge on any atom is 0.337 e. The molecule has 0 aliphatic heterocycles. The summed E-state index contributed by atoms with van der Waals surface area (Å²) < 4.78 is 30.9. The molecule has 0 radical (unpaired) electrons. The first-order valence-corrected chi connectivity index (χ1v) is 5.97. The van der Waals surface area contributed by atoms with Gasteiger partial charge in [0.05, 0.1) is 32.5 Å². The Bertz CT molecular complexity index is 827. The highest BCUT2D eigenvalue weighted by Crippen LogP contribution is 2.35. The predicted octanol–water partition coefficient (Wildman–Crippen LogP) is 4.74. The van der Waals surface area contributed by atoms with E-state index >= 15 is 0 Å². The Labute approximate surface area is 126 Å². The van der Waals surface area contributed by atoms with Crippen LogP contribution < -0.4 is 5.32 Å². The first kappa shape index (κ1) is 9.23. The van der Waals surface area contributed by atoms with Crippen molar-refractivity contribution in [2.24, 2.45) is 0 Å². The normalized spacial score (nSPS) is 13.2. The van der Waals surface area contributed by atoms with Crippen LogP contribution in [-0.4, -0.2) is 11.1 Å². The number of anilines is 2. The van der Waals surface area contributed by atoms with Gasteiger partial charge >= 0.3 is 5.97 Å². The Morgan fingerprint density at radius 1 is 1.32 bits per heavy atom. The van der Waals surface area contributed by atoms with E-state index in [1.165, 1.54) is 0 Å². The number of hydrogen-bond acceptors (Lipinski definition) is 2. The second-order valence-corrected chi connectivity index (χ2v) is 4.52. The Balaban J connectivity index is 2.75. The lowest BCUT2D eigenvalue weighted by molar-refractivity contribution is 0.0698. The minimum atomic E-state index is -1.49. The third-order valence-electron chi connectivity index (χ3n) is 2.44. The summed E-state index contributed by atoms with van der Waals surface area (Å²) in [6, 6.07) is 0.880. The zero-order chi connectivity index (χ0) is 17.5. The highest BCUT2D eigenvalue weighted by Gasteiger charge is 2.13. The van der Waals surface area contributed by atoms with Gasteiger partial charge in [0.1, 0.15) is 0 Å². The smallest absolute Gasteiger partial charge is 0.337 e. The van der Waals surface area contributed by atoms with Crippen LogP contribution in [-0.2, 0) is 0 Å². The maximum atomic E-state index is 11.4. The number of carboxylic acid groups (broad SMARTS) is 1. The average Bonchev–Trinajstić information content (AvgIpc) is 2.49. The molecule has 0 fully saturated rings. The molecule has 0 aliphatic rings. The molecular formula is C14H11Cl2NO2. The van der Waals surface area contributed by atoms with Crippen LogP contribution in [0, 0.1) is 6.92 Å². The van der Waals surface area contributed by atoms with Crippen molar-refractivity contribution < 1.29 is 15.4 Å². The topological polar surface area (TPSA) is 49.3 Å². The lowest BCUT2D eigenvalue weighted by atomic mass is 10.1. The average molecular weight is 300 g/mol. The molecule has 0 spiro atoms. The summed E-state index contributed by atoms with van der Waals surface area (Å²) in [5, 5.41) is 12.4. The van der Waals surface area contributed by atoms with Crippen molar-refractivity contribution in [3.05, 3.63) is 57.5 Å². The van der Waals surface area contributed by atoms with Crippen LogP contribution >= 0.6 is 23.2 Å². The van der Waals surface area contributed by atoms with E-state index < -0.39 is 35.7 Å². The van der Waals surface area contributed by atoms with Crippen LogP contribution in [0.25, 0.3) is 0 Å². The molecule has 2 rings (SSSR count). The van der Waals surface area contributed by atoms with Crippen LogP contribution in [0.1, 0.15) is 21.4 Å². The van der Waals surface area contributed by atoms with Crippen molar-refractivity contribution in [2.75, 3.05) is 5.32 Å². The number of carboxylic acids is 1. The molecule has 0 heterocycles. The zero-order valence-electron chi connectivity index (χ0n) is 13.8. The van der Waals surface area contributed by atoms with Crippen LogP contribution in [0.15, 0.2) is 36.3 Å². The summed E-state index contributed by atoms with van der Waals surface area (Å²) in [6.45, 7) is 1.72. The van der Waals surface area contributed by atoms with E-state index in [4.69, 9.17) is 28.7 Å². The molecule has 3 nitrogen and oxygen atoms in total. The molecule has 0 saturated carbocycles. The van der Waals surface area contributed by atoms with Crippen LogP contribution in [0.4, 0.5) is 11.4 Å². The molecule has 0 saturated heterocycles. The second kappa shape index (κ2) is 5.51. The molecular weight excluding hydrogens is 285 g/mol. The zero-order valence-corrected chi connectivity index (χ0v) is 11.3. The van der Waals surface area contributed by atoms with E-state index in [1.807, 2.05) is 0 Å². The van der Waals surface area contributed by atoms with Gasteiger partial charge in [-0.2, -0.15) is 0 Å². The molecule has 19 heavy (non-hydrogen) atoms. The van der Waals surface area contributed by atoms with E-state index in [-0.39, 0.29) is 21.4 Å². The highest BCUT2D eigenvalue weighted by atomic mass is 35.5.